The third kappa shape index (κ3) is 2.84. The van der Waals surface area contributed by atoms with Gasteiger partial charge in [-0.25, -0.2) is 0 Å². The molecule has 2 heteroatoms. The van der Waals surface area contributed by atoms with Crippen molar-refractivity contribution in [2.45, 2.75) is 32.6 Å². The van der Waals surface area contributed by atoms with Crippen molar-refractivity contribution in [2.75, 3.05) is 7.11 Å². The van der Waals surface area contributed by atoms with Crippen LogP contribution in [0.15, 0.2) is 18.2 Å². The molecule has 0 aliphatic heterocycles. The van der Waals surface area contributed by atoms with Crippen LogP contribution >= 0.6 is 0 Å². The van der Waals surface area contributed by atoms with E-state index in [1.165, 1.54) is 18.4 Å². The highest BCUT2D eigenvalue weighted by Gasteiger charge is 2.24. The van der Waals surface area contributed by atoms with Crippen LogP contribution in [0.4, 0.5) is 0 Å². The molecule has 0 N–H and O–H groups in total. The number of ketones is 1. The fraction of sp³-hybridized carbons (Fsp3) is 0.500. The van der Waals surface area contributed by atoms with Crippen molar-refractivity contribution in [1.82, 2.24) is 0 Å². The summed E-state index contributed by atoms with van der Waals surface area (Å²) < 4.78 is 5.27. The van der Waals surface area contributed by atoms with Crippen molar-refractivity contribution in [3.8, 4) is 5.75 Å². The van der Waals surface area contributed by atoms with E-state index in [2.05, 4.69) is 0 Å². The van der Waals surface area contributed by atoms with Crippen molar-refractivity contribution >= 4 is 5.78 Å². The first kappa shape index (κ1) is 11.2. The predicted octanol–water partition coefficient (Wildman–Crippen LogP) is 2.92. The maximum absolute atomic E-state index is 11.8. The number of rotatable bonds is 5. The summed E-state index contributed by atoms with van der Waals surface area (Å²) in [4.78, 5) is 11.8. The highest BCUT2D eigenvalue weighted by atomic mass is 16.5. The van der Waals surface area contributed by atoms with Gasteiger partial charge in [0.25, 0.3) is 0 Å². The molecule has 2 nitrogen and oxygen atoms in total. The molecule has 0 bridgehead atoms. The summed E-state index contributed by atoms with van der Waals surface area (Å²) in [5.74, 6) is 1.84. The number of methoxy groups -OCH3 is 1. The van der Waals surface area contributed by atoms with Crippen LogP contribution in [-0.4, -0.2) is 12.9 Å². The standard InChI is InChI=1S/C14H18O2/c1-10-3-6-14(16-2)12(7-10)9-13(15)8-11-4-5-11/h3,6-7,11H,4-5,8-9H2,1-2H3. The van der Waals surface area contributed by atoms with E-state index in [-0.39, 0.29) is 0 Å². The number of Topliss-reactive ketones (excluding diaryl/α,β-unsaturated/α-hetero) is 1. The van der Waals surface area contributed by atoms with Crippen LogP contribution in [0.2, 0.25) is 0 Å². The third-order valence-corrected chi connectivity index (χ3v) is 3.04. The lowest BCUT2D eigenvalue weighted by atomic mass is 10.0. The molecule has 1 aromatic rings. The Hall–Kier alpha value is -1.31. The normalized spacial score (nSPS) is 14.9. The smallest absolute Gasteiger partial charge is 0.137 e. The minimum absolute atomic E-state index is 0.339. The second-order valence-electron chi connectivity index (χ2n) is 4.68. The number of benzene rings is 1. The number of hydrogen-bond acceptors (Lipinski definition) is 2. The molecule has 1 aliphatic rings. The second-order valence-corrected chi connectivity index (χ2v) is 4.68. The summed E-state index contributed by atoms with van der Waals surface area (Å²) in [7, 11) is 1.65. The van der Waals surface area contributed by atoms with Crippen LogP contribution in [-0.2, 0) is 11.2 Å². The van der Waals surface area contributed by atoms with E-state index in [4.69, 9.17) is 4.74 Å². The number of hydrogen-bond donors (Lipinski definition) is 0. The molecule has 0 atom stereocenters. The predicted molar refractivity (Wildman–Crippen MR) is 63.8 cm³/mol. The van der Waals surface area contributed by atoms with E-state index in [1.807, 2.05) is 25.1 Å². The van der Waals surface area contributed by atoms with E-state index in [0.29, 0.717) is 18.1 Å². The quantitative estimate of drug-likeness (QED) is 0.759. The van der Waals surface area contributed by atoms with Gasteiger partial charge in [-0.3, -0.25) is 4.79 Å². The fourth-order valence-corrected chi connectivity index (χ4v) is 1.97. The summed E-state index contributed by atoms with van der Waals surface area (Å²) in [5.41, 5.74) is 2.20. The monoisotopic (exact) mass is 218 g/mol. The average molecular weight is 218 g/mol. The topological polar surface area (TPSA) is 26.3 Å². The molecule has 0 saturated heterocycles. The molecule has 1 fully saturated rings. The molecule has 1 aromatic carbocycles. The van der Waals surface area contributed by atoms with Gasteiger partial charge < -0.3 is 4.74 Å². The summed E-state index contributed by atoms with van der Waals surface area (Å²) in [5, 5.41) is 0. The number of carbonyl (C=O) groups is 1. The maximum Gasteiger partial charge on any atom is 0.137 e. The molecule has 0 radical (unpaired) electrons. The Morgan fingerprint density at radius 2 is 2.19 bits per heavy atom. The Morgan fingerprint density at radius 1 is 1.44 bits per heavy atom. The summed E-state index contributed by atoms with van der Waals surface area (Å²) in [6, 6.07) is 5.99. The highest BCUT2D eigenvalue weighted by Crippen LogP contribution is 2.33. The second kappa shape index (κ2) is 4.69. The van der Waals surface area contributed by atoms with Crippen molar-refractivity contribution in [3.63, 3.8) is 0 Å². The molecule has 0 heterocycles. The largest absolute Gasteiger partial charge is 0.496 e. The molecule has 1 saturated carbocycles. The molecular weight excluding hydrogens is 200 g/mol. The van der Waals surface area contributed by atoms with E-state index in [9.17, 15) is 4.79 Å². The molecular formula is C14H18O2. The number of ether oxygens (including phenoxy) is 1. The molecule has 2 rings (SSSR count). The van der Waals surface area contributed by atoms with Gasteiger partial charge in [0, 0.05) is 18.4 Å². The molecule has 16 heavy (non-hydrogen) atoms. The zero-order valence-electron chi connectivity index (χ0n) is 9.95. The minimum Gasteiger partial charge on any atom is -0.496 e. The van der Waals surface area contributed by atoms with Gasteiger partial charge in [-0.1, -0.05) is 17.7 Å². The van der Waals surface area contributed by atoms with Gasteiger partial charge in [0.2, 0.25) is 0 Å². The van der Waals surface area contributed by atoms with Crippen molar-refractivity contribution in [1.29, 1.82) is 0 Å². The van der Waals surface area contributed by atoms with Gasteiger partial charge in [0.05, 0.1) is 7.11 Å². The van der Waals surface area contributed by atoms with Gasteiger partial charge in [0.15, 0.2) is 0 Å². The fourth-order valence-electron chi connectivity index (χ4n) is 1.97. The van der Waals surface area contributed by atoms with E-state index in [1.54, 1.807) is 7.11 Å². The SMILES string of the molecule is COc1ccc(C)cc1CC(=O)CC1CC1. The lowest BCUT2D eigenvalue weighted by molar-refractivity contribution is -0.118. The van der Waals surface area contributed by atoms with Crippen LogP contribution in [0.25, 0.3) is 0 Å². The first-order valence-electron chi connectivity index (χ1n) is 5.84. The zero-order valence-corrected chi connectivity index (χ0v) is 9.95. The summed E-state index contributed by atoms with van der Waals surface area (Å²) in [6.45, 7) is 2.04. The molecule has 0 unspecified atom stereocenters. The minimum atomic E-state index is 0.339. The Bertz CT molecular complexity index is 392. The van der Waals surface area contributed by atoms with Gasteiger partial charge in [0.1, 0.15) is 11.5 Å². The summed E-state index contributed by atoms with van der Waals surface area (Å²) in [6.07, 6.45) is 3.73. The number of carbonyl (C=O) groups excluding carboxylic acids is 1. The Morgan fingerprint density at radius 3 is 2.81 bits per heavy atom. The maximum atomic E-state index is 11.8. The van der Waals surface area contributed by atoms with Crippen LogP contribution in [0.1, 0.15) is 30.4 Å². The molecule has 0 spiro atoms. The molecule has 0 amide bonds. The van der Waals surface area contributed by atoms with Gasteiger partial charge in [-0.05, 0) is 31.7 Å². The summed E-state index contributed by atoms with van der Waals surface area (Å²) >= 11 is 0. The highest BCUT2D eigenvalue weighted by molar-refractivity contribution is 5.82. The average Bonchev–Trinajstić information content (AvgIpc) is 3.02. The van der Waals surface area contributed by atoms with Crippen LogP contribution < -0.4 is 4.74 Å². The van der Waals surface area contributed by atoms with Crippen molar-refractivity contribution in [3.05, 3.63) is 29.3 Å². The zero-order chi connectivity index (χ0) is 11.5. The Labute approximate surface area is 96.6 Å². The first-order valence-corrected chi connectivity index (χ1v) is 5.84. The molecule has 0 aromatic heterocycles. The van der Waals surface area contributed by atoms with E-state index >= 15 is 0 Å². The Kier molecular flexibility index (Phi) is 3.28. The van der Waals surface area contributed by atoms with Gasteiger partial charge in [-0.15, -0.1) is 0 Å². The van der Waals surface area contributed by atoms with Gasteiger partial charge in [-0.2, -0.15) is 0 Å². The Balaban J connectivity index is 2.05. The van der Waals surface area contributed by atoms with Crippen molar-refractivity contribution in [2.24, 2.45) is 5.92 Å². The van der Waals surface area contributed by atoms with E-state index < -0.39 is 0 Å². The third-order valence-electron chi connectivity index (χ3n) is 3.04. The molecule has 86 valence electrons. The van der Waals surface area contributed by atoms with Gasteiger partial charge >= 0.3 is 0 Å². The van der Waals surface area contributed by atoms with Crippen LogP contribution in [0, 0.1) is 12.8 Å². The number of aryl methyl sites for hydroxylation is 1. The first-order chi connectivity index (χ1) is 7.69. The van der Waals surface area contributed by atoms with Crippen LogP contribution in [0.3, 0.4) is 0 Å². The molecule has 1 aliphatic carbocycles. The van der Waals surface area contributed by atoms with Crippen molar-refractivity contribution < 1.29 is 9.53 Å². The lowest BCUT2D eigenvalue weighted by Gasteiger charge is -2.08. The lowest BCUT2D eigenvalue weighted by Crippen LogP contribution is -2.05. The van der Waals surface area contributed by atoms with E-state index in [0.717, 1.165) is 17.7 Å². The van der Waals surface area contributed by atoms with Crippen LogP contribution in [0.5, 0.6) is 5.75 Å².